The summed E-state index contributed by atoms with van der Waals surface area (Å²) in [6, 6.07) is 1.93. The maximum absolute atomic E-state index is 12.5. The number of carbonyl (C=O) groups excluding carboxylic acids is 1. The zero-order chi connectivity index (χ0) is 16.2. The fourth-order valence-electron chi connectivity index (χ4n) is 2.83. The van der Waals surface area contributed by atoms with Gasteiger partial charge in [-0.15, -0.1) is 0 Å². The fourth-order valence-corrected chi connectivity index (χ4v) is 2.83. The highest BCUT2D eigenvalue weighted by atomic mass is 16.5. The van der Waals surface area contributed by atoms with Crippen molar-refractivity contribution >= 4 is 5.91 Å². The Bertz CT molecular complexity index is 656. The van der Waals surface area contributed by atoms with Crippen LogP contribution in [0.15, 0.2) is 23.1 Å². The van der Waals surface area contributed by atoms with Gasteiger partial charge in [0, 0.05) is 31.5 Å². The van der Waals surface area contributed by atoms with Crippen LogP contribution in [-0.2, 0) is 11.2 Å². The summed E-state index contributed by atoms with van der Waals surface area (Å²) in [4.78, 5) is 27.0. The third-order valence-corrected chi connectivity index (χ3v) is 4.07. The van der Waals surface area contributed by atoms with E-state index in [1.54, 1.807) is 6.20 Å². The maximum atomic E-state index is 12.5. The van der Waals surface area contributed by atoms with Crippen LogP contribution in [0.4, 0.5) is 0 Å². The summed E-state index contributed by atoms with van der Waals surface area (Å²) in [5.41, 5.74) is 0.908. The Kier molecular flexibility index (Phi) is 4.64. The molecule has 1 aliphatic heterocycles. The molecule has 0 unspecified atom stereocenters. The average molecular weight is 315 g/mol. The number of aromatic nitrogens is 4. The van der Waals surface area contributed by atoms with E-state index in [0.29, 0.717) is 24.6 Å². The van der Waals surface area contributed by atoms with Crippen LogP contribution in [0.5, 0.6) is 0 Å². The van der Waals surface area contributed by atoms with Crippen LogP contribution >= 0.6 is 0 Å². The fraction of sp³-hybridized carbons (Fsp3) is 0.562. The van der Waals surface area contributed by atoms with E-state index in [0.717, 1.165) is 25.1 Å². The number of nitrogens with zero attached hydrogens (tertiary/aromatic N) is 5. The summed E-state index contributed by atoms with van der Waals surface area (Å²) in [5, 5.41) is 3.93. The minimum absolute atomic E-state index is 0.0550. The molecular weight excluding hydrogens is 294 g/mol. The van der Waals surface area contributed by atoms with Gasteiger partial charge >= 0.3 is 0 Å². The molecule has 7 nitrogen and oxygen atoms in total. The lowest BCUT2D eigenvalue weighted by Gasteiger charge is -2.24. The van der Waals surface area contributed by atoms with Gasteiger partial charge in [-0.05, 0) is 18.9 Å². The molecule has 0 spiro atoms. The Balaban J connectivity index is 1.61. The number of hydrogen-bond acceptors (Lipinski definition) is 6. The first-order valence-electron chi connectivity index (χ1n) is 8.03. The van der Waals surface area contributed by atoms with E-state index in [-0.39, 0.29) is 17.9 Å². The van der Waals surface area contributed by atoms with Crippen LogP contribution in [0, 0.1) is 0 Å². The van der Waals surface area contributed by atoms with Crippen molar-refractivity contribution in [1.82, 2.24) is 25.0 Å². The van der Waals surface area contributed by atoms with Gasteiger partial charge in [0.25, 0.3) is 0 Å². The topological polar surface area (TPSA) is 85.0 Å². The van der Waals surface area contributed by atoms with Gasteiger partial charge < -0.3 is 9.42 Å². The second-order valence-electron chi connectivity index (χ2n) is 6.08. The van der Waals surface area contributed by atoms with Gasteiger partial charge in [0.15, 0.2) is 5.82 Å². The molecule has 1 saturated heterocycles. The molecule has 23 heavy (non-hydrogen) atoms. The molecule has 2 aromatic heterocycles. The number of hydrogen-bond donors (Lipinski definition) is 0. The van der Waals surface area contributed by atoms with Crippen molar-refractivity contribution in [3.05, 3.63) is 36.0 Å². The van der Waals surface area contributed by atoms with E-state index in [1.807, 2.05) is 24.8 Å². The van der Waals surface area contributed by atoms with Gasteiger partial charge in [-0.25, -0.2) is 9.97 Å². The lowest BCUT2D eigenvalue weighted by atomic mass is 10.1. The summed E-state index contributed by atoms with van der Waals surface area (Å²) < 4.78 is 5.20. The van der Waals surface area contributed by atoms with Crippen LogP contribution in [-0.4, -0.2) is 37.5 Å². The highest BCUT2D eigenvalue weighted by Crippen LogP contribution is 2.31. The van der Waals surface area contributed by atoms with Crippen LogP contribution in [0.2, 0.25) is 0 Å². The normalized spacial score (nSPS) is 17.9. The number of likely N-dealkylation sites (tertiary alicyclic amines) is 1. The van der Waals surface area contributed by atoms with Crippen molar-refractivity contribution in [3.8, 4) is 0 Å². The van der Waals surface area contributed by atoms with Gasteiger partial charge in [0.05, 0.1) is 11.7 Å². The zero-order valence-electron chi connectivity index (χ0n) is 13.5. The molecule has 3 heterocycles. The molecule has 0 bridgehead atoms. The average Bonchev–Trinajstić information content (AvgIpc) is 3.23. The van der Waals surface area contributed by atoms with E-state index >= 15 is 0 Å². The Morgan fingerprint density at radius 3 is 3.04 bits per heavy atom. The molecule has 122 valence electrons. The quantitative estimate of drug-likeness (QED) is 0.841. The van der Waals surface area contributed by atoms with Gasteiger partial charge in [-0.1, -0.05) is 19.0 Å². The second-order valence-corrected chi connectivity index (χ2v) is 6.08. The lowest BCUT2D eigenvalue weighted by Crippen LogP contribution is -2.31. The van der Waals surface area contributed by atoms with Gasteiger partial charge in [-0.2, -0.15) is 4.98 Å². The third-order valence-electron chi connectivity index (χ3n) is 4.07. The minimum atomic E-state index is 0.0550. The summed E-state index contributed by atoms with van der Waals surface area (Å²) >= 11 is 0. The summed E-state index contributed by atoms with van der Waals surface area (Å²) in [6.45, 7) is 4.79. The molecule has 3 rings (SSSR count). The van der Waals surface area contributed by atoms with Crippen LogP contribution in [0.3, 0.4) is 0 Å². The summed E-state index contributed by atoms with van der Waals surface area (Å²) in [7, 11) is 0. The first-order valence-corrected chi connectivity index (χ1v) is 8.03. The van der Waals surface area contributed by atoms with Crippen molar-refractivity contribution in [1.29, 1.82) is 0 Å². The maximum Gasteiger partial charge on any atom is 0.227 e. The van der Waals surface area contributed by atoms with Crippen LogP contribution < -0.4 is 0 Å². The molecule has 1 amide bonds. The molecule has 0 N–H and O–H groups in total. The first kappa shape index (κ1) is 15.6. The standard InChI is InChI=1S/C16H21N5O2/c1-11(2)16-19-14(23-20-16)5-6-15(22)21-9-3-4-13(21)12-7-8-17-10-18-12/h7-8,10-11,13H,3-6,9H2,1-2H3/t13-/m1/s1. The van der Waals surface area contributed by atoms with Gasteiger partial charge in [0.1, 0.15) is 6.33 Å². The second kappa shape index (κ2) is 6.85. The number of rotatable bonds is 5. The number of carbonyl (C=O) groups is 1. The Morgan fingerprint density at radius 2 is 2.35 bits per heavy atom. The molecular formula is C16H21N5O2. The Labute approximate surface area is 135 Å². The van der Waals surface area contributed by atoms with E-state index in [1.165, 1.54) is 6.33 Å². The zero-order valence-corrected chi connectivity index (χ0v) is 13.5. The molecule has 0 aromatic carbocycles. The molecule has 2 aromatic rings. The van der Waals surface area contributed by atoms with Crippen molar-refractivity contribution in [3.63, 3.8) is 0 Å². The van der Waals surface area contributed by atoms with E-state index < -0.39 is 0 Å². The van der Waals surface area contributed by atoms with Crippen molar-refractivity contribution in [2.24, 2.45) is 0 Å². The largest absolute Gasteiger partial charge is 0.339 e. The number of amides is 1. The molecule has 0 aliphatic carbocycles. The smallest absolute Gasteiger partial charge is 0.227 e. The highest BCUT2D eigenvalue weighted by molar-refractivity contribution is 5.77. The predicted molar refractivity (Wildman–Crippen MR) is 82.4 cm³/mol. The van der Waals surface area contributed by atoms with Gasteiger partial charge in [0.2, 0.25) is 11.8 Å². The summed E-state index contributed by atoms with van der Waals surface area (Å²) in [6.07, 6.45) is 6.05. The van der Waals surface area contributed by atoms with E-state index in [4.69, 9.17) is 4.52 Å². The molecule has 0 saturated carbocycles. The van der Waals surface area contributed by atoms with Crippen LogP contribution in [0.25, 0.3) is 0 Å². The predicted octanol–water partition coefficient (Wildman–Crippen LogP) is 2.28. The van der Waals surface area contributed by atoms with Crippen molar-refractivity contribution < 1.29 is 9.32 Å². The van der Waals surface area contributed by atoms with Crippen molar-refractivity contribution in [2.75, 3.05) is 6.54 Å². The SMILES string of the molecule is CC(C)c1noc(CCC(=O)N2CCC[C@@H]2c2ccncn2)n1. The third kappa shape index (κ3) is 3.55. The van der Waals surface area contributed by atoms with Crippen molar-refractivity contribution in [2.45, 2.75) is 51.5 Å². The van der Waals surface area contributed by atoms with Crippen LogP contribution in [0.1, 0.15) is 62.5 Å². The lowest BCUT2D eigenvalue weighted by molar-refractivity contribution is -0.132. The summed E-state index contributed by atoms with van der Waals surface area (Å²) in [5.74, 6) is 1.55. The Hall–Kier alpha value is -2.31. The molecule has 0 radical (unpaired) electrons. The first-order chi connectivity index (χ1) is 11.1. The minimum Gasteiger partial charge on any atom is -0.339 e. The van der Waals surface area contributed by atoms with Gasteiger partial charge in [-0.3, -0.25) is 4.79 Å². The highest BCUT2D eigenvalue weighted by Gasteiger charge is 2.30. The molecule has 1 aliphatic rings. The monoisotopic (exact) mass is 315 g/mol. The number of aryl methyl sites for hydroxylation is 1. The van der Waals surface area contributed by atoms with E-state index in [2.05, 4.69) is 20.1 Å². The molecule has 7 heteroatoms. The molecule has 1 atom stereocenters. The van der Waals surface area contributed by atoms with E-state index in [9.17, 15) is 4.79 Å². The Morgan fingerprint density at radius 1 is 1.48 bits per heavy atom. The molecule has 1 fully saturated rings.